The summed E-state index contributed by atoms with van der Waals surface area (Å²) in [6.07, 6.45) is 0. The predicted molar refractivity (Wildman–Crippen MR) is 121 cm³/mol. The van der Waals surface area contributed by atoms with Gasteiger partial charge < -0.3 is 14.3 Å². The van der Waals surface area contributed by atoms with Crippen LogP contribution in [0.25, 0.3) is 15.9 Å². The SMILES string of the molecule is [C-]#[N+]c1ccc2c(n1)c(N1CCN(Cc3ccccc3Cl)[C@H](C)C1)c(C#N)c(=O)n2C. The summed E-state index contributed by atoms with van der Waals surface area (Å²) in [5, 5.41) is 10.5. The van der Waals surface area contributed by atoms with E-state index in [-0.39, 0.29) is 23.0 Å². The van der Waals surface area contributed by atoms with Crippen LogP contribution in [0.2, 0.25) is 5.02 Å². The molecule has 0 radical (unpaired) electrons. The first-order valence-corrected chi connectivity index (χ1v) is 10.4. The third kappa shape index (κ3) is 3.74. The largest absolute Gasteiger partial charge is 0.364 e. The van der Waals surface area contributed by atoms with Crippen LogP contribution in [-0.4, -0.2) is 40.1 Å². The van der Waals surface area contributed by atoms with Gasteiger partial charge in [-0.05, 0) is 30.7 Å². The van der Waals surface area contributed by atoms with Crippen molar-refractivity contribution in [3.63, 3.8) is 0 Å². The van der Waals surface area contributed by atoms with Crippen molar-refractivity contribution >= 4 is 34.1 Å². The van der Waals surface area contributed by atoms with Crippen LogP contribution in [0.3, 0.4) is 0 Å². The van der Waals surface area contributed by atoms with Gasteiger partial charge in [0.15, 0.2) is 0 Å². The first kappa shape index (κ1) is 20.9. The molecule has 1 aliphatic heterocycles. The summed E-state index contributed by atoms with van der Waals surface area (Å²) in [7, 11) is 1.62. The van der Waals surface area contributed by atoms with Gasteiger partial charge in [-0.3, -0.25) is 9.69 Å². The molecule has 2 aromatic heterocycles. The summed E-state index contributed by atoms with van der Waals surface area (Å²) in [5.74, 6) is 0.238. The van der Waals surface area contributed by atoms with E-state index >= 15 is 0 Å². The van der Waals surface area contributed by atoms with E-state index in [2.05, 4.69) is 32.6 Å². The molecule has 1 saturated heterocycles. The fourth-order valence-corrected chi connectivity index (χ4v) is 4.33. The quantitative estimate of drug-likeness (QED) is 0.590. The van der Waals surface area contributed by atoms with Gasteiger partial charge in [0, 0.05) is 44.3 Å². The minimum atomic E-state index is -0.353. The summed E-state index contributed by atoms with van der Waals surface area (Å²) in [5.41, 5.74) is 2.43. The highest BCUT2D eigenvalue weighted by atomic mass is 35.5. The summed E-state index contributed by atoms with van der Waals surface area (Å²) in [6.45, 7) is 12.2. The lowest BCUT2D eigenvalue weighted by atomic mass is 10.1. The first-order chi connectivity index (χ1) is 14.9. The third-order valence-electron chi connectivity index (χ3n) is 5.84. The number of aromatic nitrogens is 2. The van der Waals surface area contributed by atoms with Gasteiger partial charge in [-0.1, -0.05) is 36.4 Å². The Morgan fingerprint density at radius 2 is 2.06 bits per heavy atom. The van der Waals surface area contributed by atoms with Crippen LogP contribution in [0.15, 0.2) is 41.2 Å². The maximum absolute atomic E-state index is 12.9. The number of rotatable bonds is 3. The molecule has 156 valence electrons. The minimum Gasteiger partial charge on any atom is -0.364 e. The first-order valence-electron chi connectivity index (χ1n) is 9.98. The van der Waals surface area contributed by atoms with E-state index in [4.69, 9.17) is 18.2 Å². The molecule has 8 heteroatoms. The van der Waals surface area contributed by atoms with Gasteiger partial charge in [-0.2, -0.15) is 5.26 Å². The zero-order chi connectivity index (χ0) is 22.1. The van der Waals surface area contributed by atoms with Gasteiger partial charge in [0.25, 0.3) is 11.4 Å². The highest BCUT2D eigenvalue weighted by Crippen LogP contribution is 2.31. The topological polar surface area (TPSA) is 69.5 Å². The molecule has 4 rings (SSSR count). The van der Waals surface area contributed by atoms with Crippen molar-refractivity contribution < 1.29 is 0 Å². The van der Waals surface area contributed by atoms with Crippen LogP contribution in [0.4, 0.5) is 11.5 Å². The monoisotopic (exact) mass is 432 g/mol. The smallest absolute Gasteiger partial charge is 0.271 e. The van der Waals surface area contributed by atoms with Crippen molar-refractivity contribution in [1.29, 1.82) is 5.26 Å². The standard InChI is InChI=1S/C23H21ClN6O/c1-15-13-30(11-10-29(15)14-16-6-4-5-7-18(16)24)22-17(12-25)23(31)28(3)19-8-9-20(26-2)27-21(19)22/h4-9,15H,10-11,13-14H2,1,3H3/t15-/m1/s1. The lowest BCUT2D eigenvalue weighted by molar-refractivity contribution is 0.181. The fourth-order valence-electron chi connectivity index (χ4n) is 4.13. The van der Waals surface area contributed by atoms with Crippen molar-refractivity contribution in [1.82, 2.24) is 14.5 Å². The van der Waals surface area contributed by atoms with Gasteiger partial charge in [0.2, 0.25) is 5.52 Å². The molecule has 1 fully saturated rings. The van der Waals surface area contributed by atoms with Gasteiger partial charge in [-0.15, -0.1) is 4.98 Å². The number of hydrogen-bond donors (Lipinski definition) is 0. The van der Waals surface area contributed by atoms with Gasteiger partial charge >= 0.3 is 0 Å². The van der Waals surface area contributed by atoms with Crippen molar-refractivity contribution in [2.75, 3.05) is 24.5 Å². The number of aryl methyl sites for hydroxylation is 1. The molecule has 1 aliphatic rings. The Kier molecular flexibility index (Phi) is 5.65. The molecule has 3 heterocycles. The van der Waals surface area contributed by atoms with E-state index in [1.807, 2.05) is 24.3 Å². The average Bonchev–Trinajstić information content (AvgIpc) is 2.78. The van der Waals surface area contributed by atoms with Crippen LogP contribution in [0, 0.1) is 17.9 Å². The molecule has 3 aromatic rings. The van der Waals surface area contributed by atoms with Crippen LogP contribution >= 0.6 is 11.6 Å². The van der Waals surface area contributed by atoms with Gasteiger partial charge in [0.05, 0.1) is 5.52 Å². The van der Waals surface area contributed by atoms with Crippen LogP contribution < -0.4 is 10.5 Å². The zero-order valence-corrected chi connectivity index (χ0v) is 18.1. The van der Waals surface area contributed by atoms with E-state index in [1.165, 1.54) is 4.57 Å². The lowest BCUT2D eigenvalue weighted by Gasteiger charge is -2.41. The van der Waals surface area contributed by atoms with Crippen molar-refractivity contribution in [3.8, 4) is 6.07 Å². The molecule has 0 unspecified atom stereocenters. The fraction of sp³-hybridized carbons (Fsp3) is 0.304. The third-order valence-corrected chi connectivity index (χ3v) is 6.21. The second-order valence-corrected chi connectivity index (χ2v) is 8.11. The maximum Gasteiger partial charge on any atom is 0.271 e. The second-order valence-electron chi connectivity index (χ2n) is 7.71. The molecule has 0 spiro atoms. The molecule has 0 N–H and O–H groups in total. The normalized spacial score (nSPS) is 16.8. The summed E-state index contributed by atoms with van der Waals surface area (Å²) in [6, 6.07) is 13.4. The number of pyridine rings is 2. The Balaban J connectivity index is 1.72. The number of fused-ring (bicyclic) bond motifs is 1. The molecule has 0 saturated carbocycles. The number of halogens is 1. The van der Waals surface area contributed by atoms with Crippen molar-refractivity contribution in [3.05, 3.63) is 74.3 Å². The van der Waals surface area contributed by atoms with Crippen molar-refractivity contribution in [2.45, 2.75) is 19.5 Å². The number of hydrogen-bond acceptors (Lipinski definition) is 5. The molecule has 0 aliphatic carbocycles. The Hall–Kier alpha value is -3.39. The van der Waals surface area contributed by atoms with E-state index in [1.54, 1.807) is 19.2 Å². The molecule has 0 amide bonds. The van der Waals surface area contributed by atoms with Gasteiger partial charge in [0.1, 0.15) is 17.3 Å². The van der Waals surface area contributed by atoms with Crippen LogP contribution in [-0.2, 0) is 13.6 Å². The van der Waals surface area contributed by atoms with Gasteiger partial charge in [-0.25, -0.2) is 0 Å². The van der Waals surface area contributed by atoms with Crippen molar-refractivity contribution in [2.24, 2.45) is 7.05 Å². The molecular formula is C23H21ClN6O. The Morgan fingerprint density at radius 1 is 1.29 bits per heavy atom. The van der Waals surface area contributed by atoms with Crippen LogP contribution in [0.5, 0.6) is 0 Å². The second kappa shape index (κ2) is 8.39. The lowest BCUT2D eigenvalue weighted by Crippen LogP contribution is -2.52. The Labute approximate surface area is 185 Å². The zero-order valence-electron chi connectivity index (χ0n) is 17.3. The maximum atomic E-state index is 12.9. The predicted octanol–water partition coefficient (Wildman–Crippen LogP) is 3.72. The molecule has 31 heavy (non-hydrogen) atoms. The summed E-state index contributed by atoms with van der Waals surface area (Å²) >= 11 is 6.34. The molecular weight excluding hydrogens is 412 g/mol. The highest BCUT2D eigenvalue weighted by Gasteiger charge is 2.30. The van der Waals surface area contributed by atoms with E-state index in [0.717, 1.165) is 23.7 Å². The molecule has 1 atom stereocenters. The van der Waals surface area contributed by atoms with Crippen LogP contribution in [0.1, 0.15) is 18.1 Å². The number of nitriles is 1. The number of piperazine rings is 1. The molecule has 7 nitrogen and oxygen atoms in total. The number of anilines is 1. The Bertz CT molecular complexity index is 1300. The summed E-state index contributed by atoms with van der Waals surface area (Å²) < 4.78 is 1.43. The molecule has 0 bridgehead atoms. The van der Waals surface area contributed by atoms with E-state index < -0.39 is 0 Å². The minimum absolute atomic E-state index is 0.0661. The van der Waals surface area contributed by atoms with E-state index in [0.29, 0.717) is 29.8 Å². The number of benzene rings is 1. The Morgan fingerprint density at radius 3 is 2.74 bits per heavy atom. The van der Waals surface area contributed by atoms with E-state index in [9.17, 15) is 10.1 Å². The average molecular weight is 433 g/mol. The molecule has 1 aromatic carbocycles. The number of nitrogens with zero attached hydrogens (tertiary/aromatic N) is 6. The summed E-state index contributed by atoms with van der Waals surface area (Å²) in [4.78, 5) is 25.1. The highest BCUT2D eigenvalue weighted by molar-refractivity contribution is 6.31.